The van der Waals surface area contributed by atoms with Crippen LogP contribution in [0.3, 0.4) is 0 Å². The fraction of sp³-hybridized carbons (Fsp3) is 0.150. The Balaban J connectivity index is 1.45. The molecule has 0 saturated heterocycles. The van der Waals surface area contributed by atoms with Gasteiger partial charge in [-0.25, -0.2) is 4.98 Å². The Bertz CT molecular complexity index is 944. The molecule has 6 heteroatoms. The Labute approximate surface area is 154 Å². The highest BCUT2D eigenvalue weighted by atomic mass is 32.1. The van der Waals surface area contributed by atoms with Crippen LogP contribution in [0.4, 0.5) is 0 Å². The van der Waals surface area contributed by atoms with E-state index in [1.165, 1.54) is 16.2 Å². The fourth-order valence-corrected chi connectivity index (χ4v) is 3.77. The van der Waals surface area contributed by atoms with E-state index in [9.17, 15) is 9.59 Å². The third-order valence-corrected chi connectivity index (χ3v) is 5.27. The lowest BCUT2D eigenvalue weighted by Crippen LogP contribution is -2.31. The number of imide groups is 1. The van der Waals surface area contributed by atoms with Crippen molar-refractivity contribution in [3.8, 4) is 17.0 Å². The zero-order chi connectivity index (χ0) is 18.1. The maximum Gasteiger partial charge on any atom is 0.261 e. The van der Waals surface area contributed by atoms with Crippen molar-refractivity contribution in [2.24, 2.45) is 0 Å². The van der Waals surface area contributed by atoms with E-state index in [4.69, 9.17) is 4.74 Å². The molecule has 0 bridgehead atoms. The second-order valence-electron chi connectivity index (χ2n) is 5.91. The number of hydrogen-bond acceptors (Lipinski definition) is 5. The molecule has 5 nitrogen and oxygen atoms in total. The smallest absolute Gasteiger partial charge is 0.261 e. The summed E-state index contributed by atoms with van der Waals surface area (Å²) in [5.74, 6) is 0.352. The minimum Gasteiger partial charge on any atom is -0.497 e. The summed E-state index contributed by atoms with van der Waals surface area (Å²) >= 11 is 1.53. The van der Waals surface area contributed by atoms with E-state index >= 15 is 0 Å². The highest BCUT2D eigenvalue weighted by Gasteiger charge is 2.34. The molecular formula is C20H16N2O3S. The van der Waals surface area contributed by atoms with Crippen LogP contribution in [-0.4, -0.2) is 35.4 Å². The third kappa shape index (κ3) is 2.88. The Hall–Kier alpha value is -2.99. The average molecular weight is 364 g/mol. The molecule has 0 atom stereocenters. The van der Waals surface area contributed by atoms with Crippen LogP contribution >= 0.6 is 11.3 Å². The van der Waals surface area contributed by atoms with E-state index in [0.717, 1.165) is 22.0 Å². The first-order valence-corrected chi connectivity index (χ1v) is 9.09. The van der Waals surface area contributed by atoms with E-state index in [0.29, 0.717) is 24.1 Å². The Morgan fingerprint density at radius 2 is 1.65 bits per heavy atom. The Kier molecular flexibility index (Phi) is 4.26. The largest absolute Gasteiger partial charge is 0.497 e. The van der Waals surface area contributed by atoms with Gasteiger partial charge in [-0.3, -0.25) is 14.5 Å². The second-order valence-corrected chi connectivity index (χ2v) is 6.86. The summed E-state index contributed by atoms with van der Waals surface area (Å²) in [6.45, 7) is 0.335. The van der Waals surface area contributed by atoms with Gasteiger partial charge in [-0.05, 0) is 36.4 Å². The number of aromatic nitrogens is 1. The molecule has 130 valence electrons. The zero-order valence-electron chi connectivity index (χ0n) is 14.1. The maximum atomic E-state index is 12.4. The highest BCUT2D eigenvalue weighted by Crippen LogP contribution is 2.26. The number of fused-ring (bicyclic) bond motifs is 1. The molecule has 0 fully saturated rings. The van der Waals surface area contributed by atoms with Gasteiger partial charge in [-0.1, -0.05) is 12.1 Å². The van der Waals surface area contributed by atoms with Crippen LogP contribution in [0.15, 0.2) is 53.9 Å². The fourth-order valence-electron chi connectivity index (χ4n) is 2.97. The molecule has 2 heterocycles. The van der Waals surface area contributed by atoms with Crippen molar-refractivity contribution in [2.75, 3.05) is 13.7 Å². The Morgan fingerprint density at radius 1 is 1.00 bits per heavy atom. The summed E-state index contributed by atoms with van der Waals surface area (Å²) in [5, 5.41) is 2.88. The first kappa shape index (κ1) is 16.5. The van der Waals surface area contributed by atoms with Gasteiger partial charge in [0.1, 0.15) is 5.75 Å². The molecule has 3 aromatic rings. The lowest BCUT2D eigenvalue weighted by Gasteiger charge is -2.12. The van der Waals surface area contributed by atoms with Crippen molar-refractivity contribution in [1.29, 1.82) is 0 Å². The number of carbonyl (C=O) groups excluding carboxylic acids is 2. The molecule has 1 aliphatic rings. The van der Waals surface area contributed by atoms with E-state index in [1.54, 1.807) is 31.4 Å². The maximum absolute atomic E-state index is 12.4. The van der Waals surface area contributed by atoms with Crippen LogP contribution < -0.4 is 4.74 Å². The number of nitrogens with zero attached hydrogens (tertiary/aromatic N) is 2. The molecule has 0 aliphatic carbocycles. The highest BCUT2D eigenvalue weighted by molar-refractivity contribution is 7.09. The minimum atomic E-state index is -0.225. The SMILES string of the molecule is COc1ccc(-c2csc(CCN3C(=O)c4ccccc4C3=O)n2)cc1. The molecule has 2 aromatic carbocycles. The van der Waals surface area contributed by atoms with Crippen LogP contribution in [-0.2, 0) is 6.42 Å². The number of thiazole rings is 1. The van der Waals surface area contributed by atoms with Gasteiger partial charge in [-0.2, -0.15) is 0 Å². The van der Waals surface area contributed by atoms with Gasteiger partial charge in [0.25, 0.3) is 11.8 Å². The standard InChI is InChI=1S/C20H16N2O3S/c1-25-14-8-6-13(7-9-14)17-12-26-18(21-17)10-11-22-19(23)15-4-2-3-5-16(15)20(22)24/h2-9,12H,10-11H2,1H3. The number of methoxy groups -OCH3 is 1. The van der Waals surface area contributed by atoms with Crippen molar-refractivity contribution in [2.45, 2.75) is 6.42 Å². The van der Waals surface area contributed by atoms with E-state index in [-0.39, 0.29) is 11.8 Å². The summed E-state index contributed by atoms with van der Waals surface area (Å²) in [6, 6.07) is 14.6. The minimum absolute atomic E-state index is 0.225. The van der Waals surface area contributed by atoms with Crippen molar-refractivity contribution in [1.82, 2.24) is 9.88 Å². The molecule has 0 unspecified atom stereocenters. The number of benzene rings is 2. The third-order valence-electron chi connectivity index (χ3n) is 4.36. The number of rotatable bonds is 5. The van der Waals surface area contributed by atoms with Crippen molar-refractivity contribution >= 4 is 23.2 Å². The monoisotopic (exact) mass is 364 g/mol. The van der Waals surface area contributed by atoms with E-state index < -0.39 is 0 Å². The lowest BCUT2D eigenvalue weighted by atomic mass is 10.1. The number of carbonyl (C=O) groups is 2. The van der Waals surface area contributed by atoms with Gasteiger partial charge in [0.2, 0.25) is 0 Å². The summed E-state index contributed by atoms with van der Waals surface area (Å²) in [5.41, 5.74) is 2.86. The molecule has 1 aliphatic heterocycles. The van der Waals surface area contributed by atoms with Gasteiger partial charge in [0.15, 0.2) is 0 Å². The summed E-state index contributed by atoms with van der Waals surface area (Å²) < 4.78 is 5.17. The molecule has 0 saturated carbocycles. The van der Waals surface area contributed by atoms with Crippen LogP contribution in [0.5, 0.6) is 5.75 Å². The summed E-state index contributed by atoms with van der Waals surface area (Å²) in [6.07, 6.45) is 0.548. The predicted octanol–water partition coefficient (Wildman–Crippen LogP) is 3.66. The number of amides is 2. The molecule has 1 aromatic heterocycles. The zero-order valence-corrected chi connectivity index (χ0v) is 15.0. The van der Waals surface area contributed by atoms with E-state index in [2.05, 4.69) is 4.98 Å². The van der Waals surface area contributed by atoms with Crippen LogP contribution in [0.1, 0.15) is 25.7 Å². The molecular weight excluding hydrogens is 348 g/mol. The molecule has 4 rings (SSSR count). The molecule has 2 amide bonds. The predicted molar refractivity (Wildman–Crippen MR) is 99.6 cm³/mol. The average Bonchev–Trinajstić information content (AvgIpc) is 3.25. The van der Waals surface area contributed by atoms with Crippen molar-refractivity contribution < 1.29 is 14.3 Å². The molecule has 26 heavy (non-hydrogen) atoms. The van der Waals surface area contributed by atoms with Crippen LogP contribution in [0, 0.1) is 0 Å². The van der Waals surface area contributed by atoms with Gasteiger partial charge in [-0.15, -0.1) is 11.3 Å². The number of ether oxygens (including phenoxy) is 1. The number of hydrogen-bond donors (Lipinski definition) is 0. The summed E-state index contributed by atoms with van der Waals surface area (Å²) in [4.78, 5) is 30.7. The summed E-state index contributed by atoms with van der Waals surface area (Å²) in [7, 11) is 1.63. The lowest BCUT2D eigenvalue weighted by molar-refractivity contribution is 0.0656. The van der Waals surface area contributed by atoms with Crippen LogP contribution in [0.2, 0.25) is 0 Å². The Morgan fingerprint density at radius 3 is 2.27 bits per heavy atom. The molecule has 0 N–H and O–H groups in total. The molecule has 0 spiro atoms. The van der Waals surface area contributed by atoms with Crippen molar-refractivity contribution in [3.05, 3.63) is 70.0 Å². The van der Waals surface area contributed by atoms with Gasteiger partial charge in [0, 0.05) is 23.9 Å². The quantitative estimate of drug-likeness (QED) is 0.648. The second kappa shape index (κ2) is 6.72. The van der Waals surface area contributed by atoms with Crippen molar-refractivity contribution in [3.63, 3.8) is 0 Å². The van der Waals surface area contributed by atoms with Gasteiger partial charge < -0.3 is 4.74 Å². The van der Waals surface area contributed by atoms with Gasteiger partial charge in [0.05, 0.1) is 28.9 Å². The topological polar surface area (TPSA) is 59.5 Å². The first-order valence-electron chi connectivity index (χ1n) is 8.21. The molecule has 0 radical (unpaired) electrons. The first-order chi connectivity index (χ1) is 12.7. The van der Waals surface area contributed by atoms with Gasteiger partial charge >= 0.3 is 0 Å². The van der Waals surface area contributed by atoms with E-state index in [1.807, 2.05) is 29.6 Å². The van der Waals surface area contributed by atoms with Crippen LogP contribution in [0.25, 0.3) is 11.3 Å². The normalized spacial score (nSPS) is 13.2.